The highest BCUT2D eigenvalue weighted by Gasteiger charge is 2.35. The number of carbonyl (C=O) groups is 1. The molecule has 0 aliphatic carbocycles. The van der Waals surface area contributed by atoms with Crippen LogP contribution >= 0.6 is 0 Å². The minimum atomic E-state index is -0.933. The highest BCUT2D eigenvalue weighted by molar-refractivity contribution is 5.67. The summed E-state index contributed by atoms with van der Waals surface area (Å²) in [6.45, 7) is 4.00. The van der Waals surface area contributed by atoms with Gasteiger partial charge in [-0.25, -0.2) is 8.78 Å². The van der Waals surface area contributed by atoms with Crippen LogP contribution in [0.2, 0.25) is 0 Å². The van der Waals surface area contributed by atoms with Crippen LogP contribution < -0.4 is 0 Å². The van der Waals surface area contributed by atoms with Crippen molar-refractivity contribution in [3.05, 3.63) is 47.0 Å². The van der Waals surface area contributed by atoms with Crippen LogP contribution in [0.3, 0.4) is 0 Å². The molecule has 1 aromatic heterocycles. The molecule has 146 valence electrons. The van der Waals surface area contributed by atoms with Crippen molar-refractivity contribution in [2.45, 2.75) is 57.1 Å². The number of halogens is 2. The number of methoxy groups -OCH3 is 1. The first kappa shape index (κ1) is 19.4. The van der Waals surface area contributed by atoms with Gasteiger partial charge < -0.3 is 14.4 Å². The summed E-state index contributed by atoms with van der Waals surface area (Å²) in [6, 6.07) is 4.15. The van der Waals surface area contributed by atoms with Gasteiger partial charge in [-0.1, -0.05) is 12.1 Å². The first-order valence-electron chi connectivity index (χ1n) is 8.89. The molecule has 1 aliphatic rings. The molecular formula is C19H23F2N3O3. The largest absolute Gasteiger partial charge is 0.481 e. The monoisotopic (exact) mass is 379 g/mol. The molecule has 2 aromatic rings. The highest BCUT2D eigenvalue weighted by atomic mass is 19.2. The molecule has 0 bridgehead atoms. The lowest BCUT2D eigenvalue weighted by molar-refractivity contribution is -0.137. The summed E-state index contributed by atoms with van der Waals surface area (Å²) >= 11 is 0. The van der Waals surface area contributed by atoms with Gasteiger partial charge in [0, 0.05) is 25.5 Å². The van der Waals surface area contributed by atoms with E-state index in [9.17, 15) is 18.7 Å². The van der Waals surface area contributed by atoms with E-state index < -0.39 is 23.2 Å². The Balaban J connectivity index is 2.07. The Morgan fingerprint density at radius 3 is 2.74 bits per heavy atom. The van der Waals surface area contributed by atoms with E-state index in [0.29, 0.717) is 31.0 Å². The van der Waals surface area contributed by atoms with Crippen LogP contribution in [0.25, 0.3) is 0 Å². The normalized spacial score (nSPS) is 20.2. The van der Waals surface area contributed by atoms with E-state index in [2.05, 4.69) is 10.2 Å². The van der Waals surface area contributed by atoms with Crippen molar-refractivity contribution in [3.63, 3.8) is 0 Å². The van der Waals surface area contributed by atoms with Crippen molar-refractivity contribution in [1.29, 1.82) is 0 Å². The van der Waals surface area contributed by atoms with E-state index >= 15 is 0 Å². The van der Waals surface area contributed by atoms with Gasteiger partial charge >= 0.3 is 5.97 Å². The predicted molar refractivity (Wildman–Crippen MR) is 93.4 cm³/mol. The van der Waals surface area contributed by atoms with E-state index in [4.69, 9.17) is 4.74 Å². The zero-order valence-electron chi connectivity index (χ0n) is 15.6. The van der Waals surface area contributed by atoms with E-state index in [1.807, 2.05) is 18.4 Å². The third kappa shape index (κ3) is 3.71. The molecule has 0 unspecified atom stereocenters. The summed E-state index contributed by atoms with van der Waals surface area (Å²) in [6.07, 6.45) is 0.927. The van der Waals surface area contributed by atoms with Gasteiger partial charge in [-0.15, -0.1) is 10.2 Å². The molecule has 1 N–H and O–H groups in total. The van der Waals surface area contributed by atoms with Crippen LogP contribution in [0.15, 0.2) is 18.2 Å². The fourth-order valence-electron chi connectivity index (χ4n) is 3.67. The number of fused-ring (bicyclic) bond motifs is 1. The Labute approximate surface area is 156 Å². The summed E-state index contributed by atoms with van der Waals surface area (Å²) in [4.78, 5) is 11.3. The lowest BCUT2D eigenvalue weighted by Crippen LogP contribution is -2.27. The van der Waals surface area contributed by atoms with Crippen LogP contribution in [0.4, 0.5) is 8.78 Å². The van der Waals surface area contributed by atoms with Crippen LogP contribution in [0, 0.1) is 11.6 Å². The molecule has 0 saturated carbocycles. The summed E-state index contributed by atoms with van der Waals surface area (Å²) in [5.74, 6) is -2.26. The molecule has 1 aliphatic heterocycles. The van der Waals surface area contributed by atoms with Crippen LogP contribution in [-0.4, -0.2) is 33.0 Å². The number of aliphatic carboxylic acids is 1. The molecule has 2 atom stereocenters. The first-order chi connectivity index (χ1) is 12.7. The fourth-order valence-corrected chi connectivity index (χ4v) is 3.67. The first-order valence-corrected chi connectivity index (χ1v) is 8.89. The number of hydrogen-bond acceptors (Lipinski definition) is 4. The maximum atomic E-state index is 14.4. The predicted octanol–water partition coefficient (Wildman–Crippen LogP) is 3.57. The third-order valence-corrected chi connectivity index (χ3v) is 5.30. The molecule has 6 nitrogen and oxygen atoms in total. The standard InChI is InChI=1S/C19H23F2N3O3/c1-19(2,27-3)18-23-22-17-11(9-15(25)26)7-8-12(10-24(17)18)13-5-4-6-14(20)16(13)21/h4-6,11-12H,7-10H2,1-3H3,(H,25,26)/t11-,12+/m1/s1. The smallest absolute Gasteiger partial charge is 0.304 e. The Bertz CT molecular complexity index is 851. The number of hydrogen-bond donors (Lipinski definition) is 1. The Hall–Kier alpha value is -2.35. The van der Waals surface area contributed by atoms with E-state index in [-0.39, 0.29) is 23.8 Å². The number of carboxylic acid groups (broad SMARTS) is 1. The van der Waals surface area contributed by atoms with Crippen LogP contribution in [-0.2, 0) is 21.7 Å². The summed E-state index contributed by atoms with van der Waals surface area (Å²) in [5.41, 5.74) is -0.471. The summed E-state index contributed by atoms with van der Waals surface area (Å²) < 4.78 is 35.5. The average molecular weight is 379 g/mol. The molecule has 0 spiro atoms. The molecule has 0 fully saturated rings. The Morgan fingerprint density at radius 1 is 1.33 bits per heavy atom. The number of aromatic nitrogens is 3. The maximum absolute atomic E-state index is 14.4. The van der Waals surface area contributed by atoms with Crippen molar-refractivity contribution in [3.8, 4) is 0 Å². The van der Waals surface area contributed by atoms with Crippen molar-refractivity contribution < 1.29 is 23.4 Å². The third-order valence-electron chi connectivity index (χ3n) is 5.30. The van der Waals surface area contributed by atoms with Gasteiger partial charge in [0.15, 0.2) is 17.5 Å². The van der Waals surface area contributed by atoms with Gasteiger partial charge in [0.05, 0.1) is 6.42 Å². The van der Waals surface area contributed by atoms with Crippen LogP contribution in [0.5, 0.6) is 0 Å². The SMILES string of the molecule is COC(C)(C)c1nnc2n1C[C@@H](c1cccc(F)c1F)CC[C@@H]2CC(=O)O. The number of ether oxygens (including phenoxy) is 1. The molecule has 0 saturated heterocycles. The molecule has 0 amide bonds. The minimum absolute atomic E-state index is 0.0934. The Kier molecular flexibility index (Phi) is 5.28. The summed E-state index contributed by atoms with van der Waals surface area (Å²) in [5, 5.41) is 17.7. The summed E-state index contributed by atoms with van der Waals surface area (Å²) in [7, 11) is 1.55. The highest BCUT2D eigenvalue weighted by Crippen LogP contribution is 2.38. The van der Waals surface area contributed by atoms with Gasteiger partial charge in [0.25, 0.3) is 0 Å². The molecular weight excluding hydrogens is 356 g/mol. The number of rotatable bonds is 5. The van der Waals surface area contributed by atoms with Crippen molar-refractivity contribution in [2.24, 2.45) is 0 Å². The van der Waals surface area contributed by atoms with E-state index in [1.165, 1.54) is 6.07 Å². The van der Waals surface area contributed by atoms with E-state index in [0.717, 1.165) is 6.07 Å². The fraction of sp³-hybridized carbons (Fsp3) is 0.526. The quantitative estimate of drug-likeness (QED) is 0.859. The van der Waals surface area contributed by atoms with E-state index in [1.54, 1.807) is 13.2 Å². The van der Waals surface area contributed by atoms with Gasteiger partial charge in [0.2, 0.25) is 0 Å². The number of carboxylic acids is 1. The topological polar surface area (TPSA) is 77.2 Å². The minimum Gasteiger partial charge on any atom is -0.481 e. The van der Waals surface area contributed by atoms with Crippen molar-refractivity contribution in [1.82, 2.24) is 14.8 Å². The van der Waals surface area contributed by atoms with Gasteiger partial charge in [0.1, 0.15) is 11.4 Å². The molecule has 1 aromatic carbocycles. The van der Waals surface area contributed by atoms with Gasteiger partial charge in [-0.05, 0) is 38.3 Å². The van der Waals surface area contributed by atoms with Crippen molar-refractivity contribution >= 4 is 5.97 Å². The van der Waals surface area contributed by atoms with Gasteiger partial charge in [-0.2, -0.15) is 0 Å². The second-order valence-corrected chi connectivity index (χ2v) is 7.42. The maximum Gasteiger partial charge on any atom is 0.304 e. The number of nitrogens with zero attached hydrogens (tertiary/aromatic N) is 3. The zero-order chi connectivity index (χ0) is 19.8. The van der Waals surface area contributed by atoms with Crippen molar-refractivity contribution in [2.75, 3.05) is 7.11 Å². The zero-order valence-corrected chi connectivity index (χ0v) is 15.6. The second-order valence-electron chi connectivity index (χ2n) is 7.42. The molecule has 2 heterocycles. The lowest BCUT2D eigenvalue weighted by atomic mass is 9.90. The molecule has 3 rings (SSSR count). The second kappa shape index (κ2) is 7.34. The van der Waals surface area contributed by atoms with Crippen LogP contribution in [0.1, 0.15) is 62.2 Å². The van der Waals surface area contributed by atoms with Gasteiger partial charge in [-0.3, -0.25) is 4.79 Å². The lowest BCUT2D eigenvalue weighted by Gasteiger charge is -2.25. The molecule has 27 heavy (non-hydrogen) atoms. The molecule has 8 heteroatoms. The molecule has 0 radical (unpaired) electrons. The average Bonchev–Trinajstić information content (AvgIpc) is 2.96. The Morgan fingerprint density at radius 2 is 2.07 bits per heavy atom. The number of benzene rings is 1.